The number of piperazine rings is 1. The van der Waals surface area contributed by atoms with Gasteiger partial charge >= 0.3 is 0 Å². The first-order chi connectivity index (χ1) is 10.7. The monoisotopic (exact) mass is 318 g/mol. The van der Waals surface area contributed by atoms with Crippen LogP contribution in [0.1, 0.15) is 10.4 Å². The minimum atomic E-state index is -0.423. The fourth-order valence-corrected chi connectivity index (χ4v) is 2.81. The zero-order valence-corrected chi connectivity index (χ0v) is 12.7. The zero-order chi connectivity index (χ0) is 15.5. The summed E-state index contributed by atoms with van der Waals surface area (Å²) in [6.07, 6.45) is 0. The average molecular weight is 319 g/mol. The van der Waals surface area contributed by atoms with E-state index < -0.39 is 5.82 Å². The quantitative estimate of drug-likeness (QED) is 0.922. The largest absolute Gasteiger partial charge is 0.336 e. The molecular weight excluding hydrogens is 303 g/mol. The molecular formula is C17H16ClFN2O. The van der Waals surface area contributed by atoms with Crippen LogP contribution in [0, 0.1) is 5.82 Å². The van der Waals surface area contributed by atoms with Gasteiger partial charge in [0.05, 0.1) is 0 Å². The second-order valence-electron chi connectivity index (χ2n) is 5.21. The second kappa shape index (κ2) is 6.46. The van der Waals surface area contributed by atoms with Crippen molar-refractivity contribution in [1.82, 2.24) is 10.2 Å². The van der Waals surface area contributed by atoms with Gasteiger partial charge in [0.15, 0.2) is 0 Å². The predicted molar refractivity (Wildman–Crippen MR) is 85.6 cm³/mol. The van der Waals surface area contributed by atoms with Crippen LogP contribution in [-0.4, -0.2) is 37.0 Å². The number of nitrogens with one attached hydrogen (secondary N) is 1. The summed E-state index contributed by atoms with van der Waals surface area (Å²) >= 11 is 5.81. The Kier molecular flexibility index (Phi) is 4.41. The van der Waals surface area contributed by atoms with E-state index in [1.54, 1.807) is 41.3 Å². The van der Waals surface area contributed by atoms with Crippen molar-refractivity contribution in [3.8, 4) is 11.1 Å². The molecule has 1 fully saturated rings. The molecule has 1 N–H and O–H groups in total. The lowest BCUT2D eigenvalue weighted by Gasteiger charge is -2.28. The molecule has 0 aromatic heterocycles. The first-order valence-corrected chi connectivity index (χ1v) is 7.59. The number of carbonyl (C=O) groups is 1. The zero-order valence-electron chi connectivity index (χ0n) is 12.0. The van der Waals surface area contributed by atoms with Crippen molar-refractivity contribution in [2.24, 2.45) is 0 Å². The Morgan fingerprint density at radius 3 is 2.55 bits per heavy atom. The third-order valence-electron chi connectivity index (χ3n) is 3.78. The van der Waals surface area contributed by atoms with E-state index in [-0.39, 0.29) is 5.91 Å². The van der Waals surface area contributed by atoms with Gasteiger partial charge in [-0.1, -0.05) is 29.8 Å². The fourth-order valence-electron chi connectivity index (χ4n) is 2.65. The maximum absolute atomic E-state index is 14.2. The van der Waals surface area contributed by atoms with E-state index in [9.17, 15) is 9.18 Å². The Hall–Kier alpha value is -1.91. The molecule has 0 bridgehead atoms. The van der Waals surface area contributed by atoms with Crippen LogP contribution in [0.5, 0.6) is 0 Å². The van der Waals surface area contributed by atoms with Crippen molar-refractivity contribution in [3.63, 3.8) is 0 Å². The number of hydrogen-bond acceptors (Lipinski definition) is 2. The predicted octanol–water partition coefficient (Wildman–Crippen LogP) is 3.19. The Balaban J connectivity index is 2.01. The molecule has 2 aromatic rings. The molecule has 0 aliphatic carbocycles. The van der Waals surface area contributed by atoms with Gasteiger partial charge < -0.3 is 10.2 Å². The Morgan fingerprint density at radius 2 is 1.82 bits per heavy atom. The van der Waals surface area contributed by atoms with Crippen molar-refractivity contribution < 1.29 is 9.18 Å². The third-order valence-corrected chi connectivity index (χ3v) is 4.02. The van der Waals surface area contributed by atoms with Crippen molar-refractivity contribution in [1.29, 1.82) is 0 Å². The molecule has 114 valence electrons. The van der Waals surface area contributed by atoms with Gasteiger partial charge in [0.25, 0.3) is 5.91 Å². The van der Waals surface area contributed by atoms with Gasteiger partial charge in [-0.3, -0.25) is 4.79 Å². The summed E-state index contributed by atoms with van der Waals surface area (Å²) in [5.41, 5.74) is 1.51. The molecule has 1 saturated heterocycles. The Bertz CT molecular complexity index is 699. The highest BCUT2D eigenvalue weighted by molar-refractivity contribution is 6.30. The van der Waals surface area contributed by atoms with Gasteiger partial charge in [0.2, 0.25) is 0 Å². The Labute approximate surface area is 133 Å². The average Bonchev–Trinajstić information content (AvgIpc) is 2.55. The highest BCUT2D eigenvalue weighted by Crippen LogP contribution is 2.29. The van der Waals surface area contributed by atoms with E-state index in [0.717, 1.165) is 13.1 Å². The smallest absolute Gasteiger partial charge is 0.254 e. The first kappa shape index (κ1) is 15.0. The maximum atomic E-state index is 14.2. The molecule has 1 aliphatic heterocycles. The molecule has 1 heterocycles. The molecule has 0 atom stereocenters. The third kappa shape index (κ3) is 2.98. The van der Waals surface area contributed by atoms with Crippen LogP contribution in [0.15, 0.2) is 42.5 Å². The molecule has 0 radical (unpaired) electrons. The van der Waals surface area contributed by atoms with E-state index in [4.69, 9.17) is 11.6 Å². The van der Waals surface area contributed by atoms with E-state index in [1.807, 2.05) is 0 Å². The number of amides is 1. The molecule has 3 nitrogen and oxygen atoms in total. The molecule has 1 aliphatic rings. The van der Waals surface area contributed by atoms with E-state index in [0.29, 0.717) is 34.8 Å². The lowest BCUT2D eigenvalue weighted by molar-refractivity contribution is 0.0736. The molecule has 22 heavy (non-hydrogen) atoms. The summed E-state index contributed by atoms with van der Waals surface area (Å²) < 4.78 is 14.2. The number of hydrogen-bond donors (Lipinski definition) is 1. The molecule has 0 spiro atoms. The van der Waals surface area contributed by atoms with Crippen LogP contribution < -0.4 is 5.32 Å². The number of carbonyl (C=O) groups excluding carboxylic acids is 1. The Morgan fingerprint density at radius 1 is 1.09 bits per heavy atom. The molecule has 1 amide bonds. The van der Waals surface area contributed by atoms with Gasteiger partial charge in [-0.05, 0) is 29.8 Å². The van der Waals surface area contributed by atoms with Crippen LogP contribution in [0.4, 0.5) is 4.39 Å². The number of nitrogens with zero attached hydrogens (tertiary/aromatic N) is 1. The van der Waals surface area contributed by atoms with Crippen LogP contribution >= 0.6 is 11.6 Å². The van der Waals surface area contributed by atoms with E-state index in [1.165, 1.54) is 6.07 Å². The fraction of sp³-hybridized carbons (Fsp3) is 0.235. The van der Waals surface area contributed by atoms with Gasteiger partial charge in [0, 0.05) is 42.3 Å². The normalized spacial score (nSPS) is 14.9. The second-order valence-corrected chi connectivity index (χ2v) is 5.65. The lowest BCUT2D eigenvalue weighted by atomic mass is 9.98. The van der Waals surface area contributed by atoms with Crippen molar-refractivity contribution in [2.45, 2.75) is 0 Å². The topological polar surface area (TPSA) is 32.3 Å². The first-order valence-electron chi connectivity index (χ1n) is 7.21. The summed E-state index contributed by atoms with van der Waals surface area (Å²) in [5.74, 6) is -0.487. The minimum Gasteiger partial charge on any atom is -0.336 e. The summed E-state index contributed by atoms with van der Waals surface area (Å²) in [4.78, 5) is 14.5. The van der Waals surface area contributed by atoms with Crippen LogP contribution in [0.2, 0.25) is 5.02 Å². The molecule has 0 saturated carbocycles. The minimum absolute atomic E-state index is 0.0635. The summed E-state index contributed by atoms with van der Waals surface area (Å²) in [5, 5.41) is 3.55. The molecule has 5 heteroatoms. The van der Waals surface area contributed by atoms with Crippen molar-refractivity contribution in [2.75, 3.05) is 26.2 Å². The summed E-state index contributed by atoms with van der Waals surface area (Å²) in [6, 6.07) is 11.6. The van der Waals surface area contributed by atoms with E-state index in [2.05, 4.69) is 5.32 Å². The summed E-state index contributed by atoms with van der Waals surface area (Å²) in [7, 11) is 0. The number of rotatable bonds is 2. The van der Waals surface area contributed by atoms with Crippen LogP contribution in [0.3, 0.4) is 0 Å². The summed E-state index contributed by atoms with van der Waals surface area (Å²) in [6.45, 7) is 2.89. The van der Waals surface area contributed by atoms with Gasteiger partial charge in [0.1, 0.15) is 5.82 Å². The SMILES string of the molecule is O=C(c1ccccc1-c1ccc(Cl)cc1F)N1CCNCC1. The molecule has 0 unspecified atom stereocenters. The van der Waals surface area contributed by atoms with Crippen LogP contribution in [-0.2, 0) is 0 Å². The molecule has 2 aromatic carbocycles. The standard InChI is InChI=1S/C17H16ClFN2O/c18-12-5-6-14(16(19)11-12)13-3-1-2-4-15(13)17(22)21-9-7-20-8-10-21/h1-6,11,20H,7-10H2. The highest BCUT2D eigenvalue weighted by Gasteiger charge is 2.21. The van der Waals surface area contributed by atoms with Crippen molar-refractivity contribution in [3.05, 3.63) is 58.9 Å². The number of benzene rings is 2. The van der Waals surface area contributed by atoms with Gasteiger partial charge in [-0.15, -0.1) is 0 Å². The van der Waals surface area contributed by atoms with E-state index >= 15 is 0 Å². The lowest BCUT2D eigenvalue weighted by Crippen LogP contribution is -2.46. The van der Waals surface area contributed by atoms with Gasteiger partial charge in [-0.2, -0.15) is 0 Å². The van der Waals surface area contributed by atoms with Crippen molar-refractivity contribution >= 4 is 17.5 Å². The molecule has 3 rings (SSSR count). The van der Waals surface area contributed by atoms with Crippen LogP contribution in [0.25, 0.3) is 11.1 Å². The maximum Gasteiger partial charge on any atom is 0.254 e. The number of halogens is 2. The highest BCUT2D eigenvalue weighted by atomic mass is 35.5. The van der Waals surface area contributed by atoms with Gasteiger partial charge in [-0.25, -0.2) is 4.39 Å².